The molecule has 1 saturated heterocycles. The molecule has 1 aromatic heterocycles. The minimum Gasteiger partial charge on any atom is -0.356 e. The minimum absolute atomic E-state index is 0.387. The number of nitrogens with zero attached hydrogens (tertiary/aromatic N) is 2. The highest BCUT2D eigenvalue weighted by Gasteiger charge is 2.17. The Hall–Kier alpha value is -1.07. The summed E-state index contributed by atoms with van der Waals surface area (Å²) in [4.78, 5) is 9.60. The lowest BCUT2D eigenvalue weighted by Gasteiger charge is -2.30. The molecule has 2 rings (SSSR count). The fourth-order valence-electron chi connectivity index (χ4n) is 3.06. The van der Waals surface area contributed by atoms with E-state index < -0.39 is 0 Å². The van der Waals surface area contributed by atoms with Crippen molar-refractivity contribution in [1.82, 2.24) is 15.5 Å². The van der Waals surface area contributed by atoms with E-state index >= 15 is 0 Å². The summed E-state index contributed by atoms with van der Waals surface area (Å²) < 4.78 is 0. The summed E-state index contributed by atoms with van der Waals surface area (Å²) in [6, 6.07) is 4.81. The van der Waals surface area contributed by atoms with Gasteiger partial charge in [-0.2, -0.15) is 0 Å². The third kappa shape index (κ3) is 5.61. The molecule has 0 amide bonds. The van der Waals surface area contributed by atoms with Crippen LogP contribution in [0.2, 0.25) is 0 Å². The molecule has 0 radical (unpaired) electrons. The van der Waals surface area contributed by atoms with E-state index in [-0.39, 0.29) is 0 Å². The summed E-state index contributed by atoms with van der Waals surface area (Å²) in [5.41, 5.74) is 0. The highest BCUT2D eigenvalue weighted by Crippen LogP contribution is 2.17. The van der Waals surface area contributed by atoms with E-state index in [2.05, 4.69) is 53.6 Å². The predicted octanol–water partition coefficient (Wildman–Crippen LogP) is 2.49. The van der Waals surface area contributed by atoms with Crippen LogP contribution in [0.5, 0.6) is 0 Å². The van der Waals surface area contributed by atoms with Crippen LogP contribution in [0.3, 0.4) is 0 Å². The number of piperidine rings is 1. The molecule has 1 fully saturated rings. The van der Waals surface area contributed by atoms with Gasteiger partial charge in [-0.15, -0.1) is 11.3 Å². The van der Waals surface area contributed by atoms with Crippen molar-refractivity contribution < 1.29 is 0 Å². The maximum atomic E-state index is 4.36. The van der Waals surface area contributed by atoms with E-state index in [1.54, 1.807) is 0 Å². The molecule has 1 aliphatic heterocycles. The van der Waals surface area contributed by atoms with Gasteiger partial charge < -0.3 is 15.5 Å². The van der Waals surface area contributed by atoms with Crippen molar-refractivity contribution in [3.05, 3.63) is 21.9 Å². The Morgan fingerprint density at radius 1 is 1.50 bits per heavy atom. The van der Waals surface area contributed by atoms with E-state index in [1.165, 1.54) is 35.7 Å². The monoisotopic (exact) mass is 322 g/mol. The molecular formula is C17H30N4S. The average molecular weight is 323 g/mol. The van der Waals surface area contributed by atoms with Crippen molar-refractivity contribution in [3.63, 3.8) is 0 Å². The van der Waals surface area contributed by atoms with E-state index in [0.29, 0.717) is 6.04 Å². The molecule has 2 heterocycles. The molecule has 4 nitrogen and oxygen atoms in total. The molecule has 2 unspecified atom stereocenters. The second-order valence-corrected chi connectivity index (χ2v) is 7.86. The van der Waals surface area contributed by atoms with Gasteiger partial charge in [0.15, 0.2) is 5.96 Å². The first-order valence-corrected chi connectivity index (χ1v) is 9.09. The fourth-order valence-corrected chi connectivity index (χ4v) is 4.08. The number of aliphatic imine (C=N–C) groups is 1. The molecule has 1 aromatic rings. The summed E-state index contributed by atoms with van der Waals surface area (Å²) >= 11 is 1.88. The first kappa shape index (κ1) is 17.3. The Labute approximate surface area is 139 Å². The molecule has 2 N–H and O–H groups in total. The molecule has 0 spiro atoms. The lowest BCUT2D eigenvalue weighted by Crippen LogP contribution is -2.46. The summed E-state index contributed by atoms with van der Waals surface area (Å²) in [5.74, 6) is 1.65. The maximum Gasteiger partial charge on any atom is 0.191 e. The topological polar surface area (TPSA) is 39.7 Å². The highest BCUT2D eigenvalue weighted by molar-refractivity contribution is 7.11. The van der Waals surface area contributed by atoms with Crippen LogP contribution in [0.4, 0.5) is 0 Å². The minimum atomic E-state index is 0.387. The van der Waals surface area contributed by atoms with Crippen LogP contribution in [0.15, 0.2) is 17.1 Å². The SMILES string of the molecule is CN=C(NCC1CCCN(C)C1)NC(C)Cc1ccc(C)s1. The zero-order chi connectivity index (χ0) is 15.9. The van der Waals surface area contributed by atoms with Gasteiger partial charge in [0.2, 0.25) is 0 Å². The summed E-state index contributed by atoms with van der Waals surface area (Å²) in [7, 11) is 4.06. The van der Waals surface area contributed by atoms with Gasteiger partial charge in [-0.25, -0.2) is 0 Å². The molecule has 0 bridgehead atoms. The molecule has 1 aliphatic rings. The second-order valence-electron chi connectivity index (χ2n) is 6.49. The zero-order valence-electron chi connectivity index (χ0n) is 14.4. The van der Waals surface area contributed by atoms with Crippen LogP contribution in [-0.4, -0.2) is 50.6 Å². The first-order chi connectivity index (χ1) is 10.6. The zero-order valence-corrected chi connectivity index (χ0v) is 15.2. The van der Waals surface area contributed by atoms with E-state index in [9.17, 15) is 0 Å². The molecule has 0 aromatic carbocycles. The van der Waals surface area contributed by atoms with Crippen molar-refractivity contribution >= 4 is 17.3 Å². The number of guanidine groups is 1. The number of nitrogens with one attached hydrogen (secondary N) is 2. The smallest absolute Gasteiger partial charge is 0.191 e. The van der Waals surface area contributed by atoms with Crippen LogP contribution in [0, 0.1) is 12.8 Å². The Morgan fingerprint density at radius 2 is 2.32 bits per heavy atom. The van der Waals surface area contributed by atoms with Crippen molar-refractivity contribution in [2.45, 2.75) is 39.2 Å². The van der Waals surface area contributed by atoms with Crippen molar-refractivity contribution in [3.8, 4) is 0 Å². The van der Waals surface area contributed by atoms with Crippen LogP contribution in [0.25, 0.3) is 0 Å². The van der Waals surface area contributed by atoms with Gasteiger partial charge in [-0.3, -0.25) is 4.99 Å². The Balaban J connectivity index is 1.74. The Kier molecular flexibility index (Phi) is 6.70. The quantitative estimate of drug-likeness (QED) is 0.646. The largest absolute Gasteiger partial charge is 0.356 e. The molecule has 0 aliphatic carbocycles. The van der Waals surface area contributed by atoms with Gasteiger partial charge in [0.1, 0.15) is 0 Å². The van der Waals surface area contributed by atoms with Crippen molar-refractivity contribution in [2.75, 3.05) is 33.7 Å². The van der Waals surface area contributed by atoms with Crippen LogP contribution >= 0.6 is 11.3 Å². The lowest BCUT2D eigenvalue weighted by molar-refractivity contribution is 0.210. The lowest BCUT2D eigenvalue weighted by atomic mass is 9.99. The predicted molar refractivity (Wildman–Crippen MR) is 96.9 cm³/mol. The summed E-state index contributed by atoms with van der Waals surface area (Å²) in [6.07, 6.45) is 3.67. The van der Waals surface area contributed by atoms with E-state index in [0.717, 1.165) is 24.8 Å². The average Bonchev–Trinajstić information content (AvgIpc) is 2.88. The first-order valence-electron chi connectivity index (χ1n) is 8.28. The molecule has 22 heavy (non-hydrogen) atoms. The number of hydrogen-bond acceptors (Lipinski definition) is 3. The third-order valence-electron chi connectivity index (χ3n) is 4.19. The summed E-state index contributed by atoms with van der Waals surface area (Å²) in [6.45, 7) is 7.81. The van der Waals surface area contributed by atoms with Crippen LogP contribution in [-0.2, 0) is 6.42 Å². The van der Waals surface area contributed by atoms with Crippen LogP contribution < -0.4 is 10.6 Å². The molecule has 124 valence electrons. The van der Waals surface area contributed by atoms with Gasteiger partial charge in [0, 0.05) is 42.4 Å². The van der Waals surface area contributed by atoms with E-state index in [1.807, 2.05) is 18.4 Å². The molecule has 5 heteroatoms. The van der Waals surface area contributed by atoms with Crippen molar-refractivity contribution in [1.29, 1.82) is 0 Å². The van der Waals surface area contributed by atoms with Crippen LogP contribution in [0.1, 0.15) is 29.5 Å². The number of aryl methyl sites for hydroxylation is 1. The van der Waals surface area contributed by atoms with Gasteiger partial charge >= 0.3 is 0 Å². The number of likely N-dealkylation sites (tertiary alicyclic amines) is 1. The van der Waals surface area contributed by atoms with E-state index in [4.69, 9.17) is 0 Å². The molecule has 2 atom stereocenters. The Morgan fingerprint density at radius 3 is 2.95 bits per heavy atom. The second kappa shape index (κ2) is 8.53. The third-order valence-corrected chi connectivity index (χ3v) is 5.21. The van der Waals surface area contributed by atoms with Gasteiger partial charge in [0.25, 0.3) is 0 Å². The summed E-state index contributed by atoms with van der Waals surface area (Å²) in [5, 5.41) is 7.00. The highest BCUT2D eigenvalue weighted by atomic mass is 32.1. The normalized spacial score (nSPS) is 21.6. The molecular weight excluding hydrogens is 292 g/mol. The van der Waals surface area contributed by atoms with Gasteiger partial charge in [-0.1, -0.05) is 0 Å². The maximum absolute atomic E-state index is 4.36. The number of hydrogen-bond donors (Lipinski definition) is 2. The van der Waals surface area contributed by atoms with Gasteiger partial charge in [-0.05, 0) is 58.3 Å². The van der Waals surface area contributed by atoms with Gasteiger partial charge in [0.05, 0.1) is 0 Å². The van der Waals surface area contributed by atoms with Crippen molar-refractivity contribution in [2.24, 2.45) is 10.9 Å². The number of rotatable bonds is 5. The molecule has 0 saturated carbocycles. The standard InChI is InChI=1S/C17H30N4S/c1-13(10-16-8-7-14(2)22-16)20-17(18-3)19-11-15-6-5-9-21(4)12-15/h7-8,13,15H,5-6,9-12H2,1-4H3,(H2,18,19,20). The number of thiophene rings is 1. The Bertz CT molecular complexity index is 483. The fraction of sp³-hybridized carbons (Fsp3) is 0.706.